The third-order valence-corrected chi connectivity index (χ3v) is 7.65. The van der Waals surface area contributed by atoms with Crippen molar-refractivity contribution in [2.24, 2.45) is 0 Å². The van der Waals surface area contributed by atoms with Gasteiger partial charge >= 0.3 is 5.91 Å². The molecule has 9 heteroatoms. The molecule has 0 radical (unpaired) electrons. The van der Waals surface area contributed by atoms with Crippen LogP contribution in [-0.2, 0) is 23.1 Å². The highest BCUT2D eigenvalue weighted by atomic mass is 32.2. The molecule has 186 valence electrons. The third kappa shape index (κ3) is 4.66. The predicted molar refractivity (Wildman–Crippen MR) is 134 cm³/mol. The molecule has 3 aromatic carbocycles. The molecule has 1 saturated heterocycles. The lowest BCUT2D eigenvalue weighted by Crippen LogP contribution is -2.36. The van der Waals surface area contributed by atoms with Gasteiger partial charge in [-0.2, -0.15) is 0 Å². The molecule has 4 aromatic rings. The van der Waals surface area contributed by atoms with Crippen molar-refractivity contribution in [2.75, 3.05) is 18.0 Å². The number of aryl methyl sites for hydroxylation is 1. The molecule has 5 rings (SSSR count). The molecule has 0 bridgehead atoms. The van der Waals surface area contributed by atoms with Gasteiger partial charge in [0.2, 0.25) is 0 Å². The van der Waals surface area contributed by atoms with Crippen LogP contribution in [0.2, 0.25) is 0 Å². The molecule has 1 N–H and O–H groups in total. The van der Waals surface area contributed by atoms with E-state index >= 15 is 0 Å². The van der Waals surface area contributed by atoms with Crippen LogP contribution in [0, 0.1) is 5.82 Å². The molecule has 0 unspecified atom stereocenters. The molecule has 1 aliphatic rings. The number of ether oxygens (including phenoxy) is 1. The number of carbonyl (C=O) groups is 1. The van der Waals surface area contributed by atoms with Crippen molar-refractivity contribution in [1.82, 2.24) is 4.72 Å². The highest BCUT2D eigenvalue weighted by Gasteiger charge is 2.28. The predicted octanol–water partition coefficient (Wildman–Crippen LogP) is 5.04. The van der Waals surface area contributed by atoms with Crippen molar-refractivity contribution < 1.29 is 26.8 Å². The Bertz CT molecular complexity index is 1530. The number of hydrogen-bond donors (Lipinski definition) is 1. The van der Waals surface area contributed by atoms with E-state index in [0.29, 0.717) is 17.7 Å². The minimum absolute atomic E-state index is 0.112. The van der Waals surface area contributed by atoms with Crippen LogP contribution in [0.3, 0.4) is 0 Å². The number of benzene rings is 3. The fourth-order valence-corrected chi connectivity index (χ4v) is 5.56. The van der Waals surface area contributed by atoms with E-state index in [1.165, 1.54) is 12.1 Å². The van der Waals surface area contributed by atoms with E-state index < -0.39 is 21.7 Å². The van der Waals surface area contributed by atoms with E-state index in [2.05, 4.69) is 4.72 Å². The maximum atomic E-state index is 14.7. The van der Waals surface area contributed by atoms with Gasteiger partial charge in [0.05, 0.1) is 5.39 Å². The Balaban J connectivity index is 1.42. The fraction of sp³-hybridized carbons (Fsp3) is 0.222. The minimum Gasteiger partial charge on any atom is -0.487 e. The second-order valence-electron chi connectivity index (χ2n) is 8.60. The van der Waals surface area contributed by atoms with E-state index in [-0.39, 0.29) is 34.0 Å². The van der Waals surface area contributed by atoms with Crippen LogP contribution >= 0.6 is 0 Å². The standard InChI is InChI=1S/C27H25FN2O5S/c1-2-19-10-6-11-23(34-17-18-8-4-3-5-9-18)26(19)36(32,33)29-27(31)25-16-21-22(28)14-20(15-24(21)35-25)30-12-7-13-30/h3-6,8-11,14-16H,2,7,12-13,17H2,1H3,(H,29,31). The highest BCUT2D eigenvalue weighted by Crippen LogP contribution is 2.32. The number of amides is 1. The molecular weight excluding hydrogens is 483 g/mol. The zero-order valence-electron chi connectivity index (χ0n) is 19.7. The van der Waals surface area contributed by atoms with E-state index in [1.807, 2.05) is 42.2 Å². The molecule has 0 aliphatic carbocycles. The first-order valence-corrected chi connectivity index (χ1v) is 13.2. The Kier molecular flexibility index (Phi) is 6.40. The number of rotatable bonds is 8. The molecule has 1 amide bonds. The molecule has 0 atom stereocenters. The number of hydrogen-bond acceptors (Lipinski definition) is 6. The summed E-state index contributed by atoms with van der Waals surface area (Å²) in [4.78, 5) is 14.8. The molecular formula is C27H25FN2O5S. The fourth-order valence-electron chi connectivity index (χ4n) is 4.17. The van der Waals surface area contributed by atoms with Gasteiger partial charge in [-0.25, -0.2) is 17.5 Å². The quantitative estimate of drug-likeness (QED) is 0.359. The van der Waals surface area contributed by atoms with Crippen molar-refractivity contribution in [3.05, 3.63) is 89.4 Å². The Morgan fingerprint density at radius 2 is 1.86 bits per heavy atom. The van der Waals surface area contributed by atoms with Crippen molar-refractivity contribution in [3.8, 4) is 5.75 Å². The number of halogens is 1. The van der Waals surface area contributed by atoms with Gasteiger partial charge in [0.15, 0.2) is 5.76 Å². The van der Waals surface area contributed by atoms with Crippen LogP contribution in [0.5, 0.6) is 5.75 Å². The normalized spacial score (nSPS) is 13.4. The molecule has 36 heavy (non-hydrogen) atoms. The summed E-state index contributed by atoms with van der Waals surface area (Å²) in [5, 5.41) is 0.114. The second kappa shape index (κ2) is 9.66. The number of nitrogens with one attached hydrogen (secondary N) is 1. The van der Waals surface area contributed by atoms with Crippen LogP contribution in [0.25, 0.3) is 11.0 Å². The number of fused-ring (bicyclic) bond motifs is 1. The largest absolute Gasteiger partial charge is 0.487 e. The first kappa shape index (κ1) is 23.9. The van der Waals surface area contributed by atoms with Gasteiger partial charge in [0, 0.05) is 30.9 Å². The lowest BCUT2D eigenvalue weighted by Gasteiger charge is -2.33. The number of carbonyl (C=O) groups excluding carboxylic acids is 1. The topological polar surface area (TPSA) is 88.8 Å². The lowest BCUT2D eigenvalue weighted by molar-refractivity contribution is 0.0956. The van der Waals surface area contributed by atoms with Crippen LogP contribution in [-0.4, -0.2) is 27.4 Å². The van der Waals surface area contributed by atoms with Gasteiger partial charge in [-0.1, -0.05) is 49.4 Å². The van der Waals surface area contributed by atoms with Crippen LogP contribution in [0.1, 0.15) is 35.0 Å². The van der Waals surface area contributed by atoms with Gasteiger partial charge in [-0.3, -0.25) is 4.79 Å². The van der Waals surface area contributed by atoms with E-state index in [1.54, 1.807) is 24.3 Å². The highest BCUT2D eigenvalue weighted by molar-refractivity contribution is 7.90. The van der Waals surface area contributed by atoms with E-state index in [4.69, 9.17) is 9.15 Å². The molecule has 0 saturated carbocycles. The number of sulfonamides is 1. The van der Waals surface area contributed by atoms with Crippen molar-refractivity contribution >= 4 is 32.6 Å². The summed E-state index contributed by atoms with van der Waals surface area (Å²) >= 11 is 0. The zero-order valence-corrected chi connectivity index (χ0v) is 20.5. The van der Waals surface area contributed by atoms with Crippen LogP contribution in [0.15, 0.2) is 76.0 Å². The molecule has 1 aliphatic heterocycles. The Hall–Kier alpha value is -3.85. The summed E-state index contributed by atoms with van der Waals surface area (Å²) in [6.07, 6.45) is 1.43. The average Bonchev–Trinajstić information content (AvgIpc) is 3.27. The van der Waals surface area contributed by atoms with Crippen molar-refractivity contribution in [1.29, 1.82) is 0 Å². The van der Waals surface area contributed by atoms with E-state index in [9.17, 15) is 17.6 Å². The van der Waals surface area contributed by atoms with Crippen LogP contribution < -0.4 is 14.4 Å². The number of nitrogens with zero attached hydrogens (tertiary/aromatic N) is 1. The van der Waals surface area contributed by atoms with Gasteiger partial charge in [-0.05, 0) is 36.1 Å². The van der Waals surface area contributed by atoms with Crippen molar-refractivity contribution in [3.63, 3.8) is 0 Å². The summed E-state index contributed by atoms with van der Waals surface area (Å²) in [5.41, 5.74) is 2.21. The Morgan fingerprint density at radius 3 is 2.56 bits per heavy atom. The number of furan rings is 1. The Labute approximate surface area is 208 Å². The molecule has 2 heterocycles. The first-order valence-electron chi connectivity index (χ1n) is 11.7. The summed E-state index contributed by atoms with van der Waals surface area (Å²) in [7, 11) is -4.34. The monoisotopic (exact) mass is 508 g/mol. The SMILES string of the molecule is CCc1cccc(OCc2ccccc2)c1S(=O)(=O)NC(=O)c1cc2c(F)cc(N3CCC3)cc2o1. The average molecular weight is 509 g/mol. The minimum atomic E-state index is -4.34. The summed E-state index contributed by atoms with van der Waals surface area (Å²) in [6, 6.07) is 18.5. The second-order valence-corrected chi connectivity index (χ2v) is 10.2. The van der Waals surface area contributed by atoms with Crippen LogP contribution in [0.4, 0.5) is 10.1 Å². The van der Waals surface area contributed by atoms with Gasteiger partial charge in [-0.15, -0.1) is 0 Å². The maximum Gasteiger partial charge on any atom is 0.300 e. The van der Waals surface area contributed by atoms with Crippen molar-refractivity contribution in [2.45, 2.75) is 31.3 Å². The zero-order chi connectivity index (χ0) is 25.3. The van der Waals surface area contributed by atoms with E-state index in [0.717, 1.165) is 25.1 Å². The number of anilines is 1. The smallest absolute Gasteiger partial charge is 0.300 e. The lowest BCUT2D eigenvalue weighted by atomic mass is 10.1. The van der Waals surface area contributed by atoms with Gasteiger partial charge in [0.25, 0.3) is 10.0 Å². The molecule has 7 nitrogen and oxygen atoms in total. The summed E-state index contributed by atoms with van der Waals surface area (Å²) in [5.74, 6) is -1.69. The van der Waals surface area contributed by atoms with Gasteiger partial charge in [0.1, 0.15) is 28.7 Å². The first-order chi connectivity index (χ1) is 17.4. The summed E-state index contributed by atoms with van der Waals surface area (Å²) < 4.78 is 54.9. The Morgan fingerprint density at radius 1 is 1.08 bits per heavy atom. The maximum absolute atomic E-state index is 14.7. The summed E-state index contributed by atoms with van der Waals surface area (Å²) in [6.45, 7) is 3.62. The molecule has 0 spiro atoms. The third-order valence-electron chi connectivity index (χ3n) is 6.19. The molecule has 1 aromatic heterocycles. The van der Waals surface area contributed by atoms with Gasteiger partial charge < -0.3 is 14.1 Å². The molecule has 1 fully saturated rings.